The summed E-state index contributed by atoms with van der Waals surface area (Å²) in [6, 6.07) is 15.2. The van der Waals surface area contributed by atoms with E-state index in [1.165, 1.54) is 35.0 Å². The summed E-state index contributed by atoms with van der Waals surface area (Å²) in [6.07, 6.45) is 2.67. The van der Waals surface area contributed by atoms with Gasteiger partial charge in [-0.25, -0.2) is 9.07 Å². The molecule has 0 spiro atoms. The Kier molecular flexibility index (Phi) is 7.74. The third kappa shape index (κ3) is 5.77. The van der Waals surface area contributed by atoms with Gasteiger partial charge in [0.05, 0.1) is 5.39 Å². The Balaban J connectivity index is 1.42. The Bertz CT molecular complexity index is 1430. The maximum absolute atomic E-state index is 13.0. The molecule has 0 aliphatic carbocycles. The van der Waals surface area contributed by atoms with Crippen molar-refractivity contribution < 1.29 is 23.1 Å². The number of aryl methyl sites for hydroxylation is 1. The number of halogens is 1. The Hall–Kier alpha value is -4.47. The van der Waals surface area contributed by atoms with Gasteiger partial charge in [0.2, 0.25) is 0 Å². The summed E-state index contributed by atoms with van der Waals surface area (Å²) in [5.41, 5.74) is 4.38. The predicted octanol–water partition coefficient (Wildman–Crippen LogP) is 3.97. The first-order chi connectivity index (χ1) is 17.5. The molecule has 0 unspecified atom stereocenters. The second-order valence-corrected chi connectivity index (χ2v) is 8.05. The van der Waals surface area contributed by atoms with E-state index in [-0.39, 0.29) is 29.4 Å². The molecule has 2 amide bonds. The predicted molar refractivity (Wildman–Crippen MR) is 130 cm³/mol. The van der Waals surface area contributed by atoms with Gasteiger partial charge < -0.3 is 9.15 Å². The van der Waals surface area contributed by atoms with Crippen molar-refractivity contribution in [2.75, 3.05) is 0 Å². The molecule has 2 aromatic heterocycles. The van der Waals surface area contributed by atoms with Crippen molar-refractivity contribution >= 4 is 22.6 Å². The van der Waals surface area contributed by atoms with Crippen molar-refractivity contribution in [1.29, 1.82) is 0 Å². The fraction of sp³-hybridized carbons (Fsp3) is 0.231. The monoisotopic (exact) mass is 492 g/mol. The molecule has 0 bridgehead atoms. The van der Waals surface area contributed by atoms with Gasteiger partial charge in [0.15, 0.2) is 11.5 Å². The van der Waals surface area contributed by atoms with Gasteiger partial charge in [0, 0.05) is 11.9 Å². The molecule has 2 N–H and O–H groups in total. The molecule has 0 aliphatic rings. The van der Waals surface area contributed by atoms with Crippen LogP contribution in [0.25, 0.3) is 10.8 Å². The number of nitrogens with zero attached hydrogens (tertiary/aromatic N) is 2. The van der Waals surface area contributed by atoms with Crippen LogP contribution < -0.4 is 21.1 Å². The van der Waals surface area contributed by atoms with Crippen LogP contribution in [0, 0.1) is 5.82 Å². The van der Waals surface area contributed by atoms with Crippen molar-refractivity contribution in [2.45, 2.75) is 39.3 Å². The number of furan rings is 1. The number of rotatable bonds is 9. The van der Waals surface area contributed by atoms with Gasteiger partial charge in [-0.2, -0.15) is 5.10 Å². The number of fused-ring (bicyclic) bond motifs is 1. The third-order valence-corrected chi connectivity index (χ3v) is 5.43. The number of hydrogen-bond donors (Lipinski definition) is 2. The van der Waals surface area contributed by atoms with E-state index < -0.39 is 11.8 Å². The number of nitrogens with one attached hydrogen (secondary N) is 2. The zero-order chi connectivity index (χ0) is 25.5. The molecule has 4 aromatic rings. The summed E-state index contributed by atoms with van der Waals surface area (Å²) in [5.74, 6) is -0.966. The zero-order valence-corrected chi connectivity index (χ0v) is 19.6. The van der Waals surface area contributed by atoms with Crippen molar-refractivity contribution in [3.63, 3.8) is 0 Å². The summed E-state index contributed by atoms with van der Waals surface area (Å²) in [6.45, 7) is 2.47. The van der Waals surface area contributed by atoms with E-state index in [9.17, 15) is 18.8 Å². The second kappa shape index (κ2) is 11.3. The van der Waals surface area contributed by atoms with Crippen molar-refractivity contribution in [3.05, 3.63) is 94.0 Å². The number of unbranched alkanes of at least 4 members (excludes halogenated alkanes) is 2. The molecule has 0 atom stereocenters. The van der Waals surface area contributed by atoms with Crippen LogP contribution >= 0.6 is 0 Å². The first-order valence-electron chi connectivity index (χ1n) is 11.5. The molecular formula is C26H25FN4O5. The highest BCUT2D eigenvalue weighted by molar-refractivity contribution is 6.05. The van der Waals surface area contributed by atoms with Crippen LogP contribution in [0.1, 0.15) is 53.0 Å². The number of carbonyl (C=O) groups is 2. The van der Waals surface area contributed by atoms with E-state index in [4.69, 9.17) is 9.15 Å². The minimum absolute atomic E-state index is 0.0230. The number of aromatic nitrogens is 2. The summed E-state index contributed by atoms with van der Waals surface area (Å²) >= 11 is 0. The fourth-order valence-corrected chi connectivity index (χ4v) is 3.56. The van der Waals surface area contributed by atoms with E-state index in [2.05, 4.69) is 22.9 Å². The fourth-order valence-electron chi connectivity index (χ4n) is 3.56. The molecule has 186 valence electrons. The lowest BCUT2D eigenvalue weighted by atomic mass is 10.1. The molecule has 0 aliphatic heterocycles. The number of hydrazine groups is 1. The number of hydrogen-bond acceptors (Lipinski definition) is 6. The van der Waals surface area contributed by atoms with Gasteiger partial charge in [-0.3, -0.25) is 25.2 Å². The summed E-state index contributed by atoms with van der Waals surface area (Å²) in [4.78, 5) is 38.2. The summed E-state index contributed by atoms with van der Waals surface area (Å²) in [5, 5.41) is 5.02. The number of benzene rings is 2. The second-order valence-electron chi connectivity index (χ2n) is 8.05. The molecule has 0 radical (unpaired) electrons. The van der Waals surface area contributed by atoms with Crippen LogP contribution in [-0.2, 0) is 13.2 Å². The Labute approximate surface area is 205 Å². The number of ether oxygens (including phenoxy) is 1. The maximum atomic E-state index is 13.0. The lowest BCUT2D eigenvalue weighted by Crippen LogP contribution is -2.42. The van der Waals surface area contributed by atoms with Gasteiger partial charge in [-0.05, 0) is 48.9 Å². The lowest BCUT2D eigenvalue weighted by Gasteiger charge is -2.11. The first-order valence-corrected chi connectivity index (χ1v) is 11.5. The molecule has 0 saturated heterocycles. The SMILES string of the molecule is CCCCCn1nc(C(=O)NNC(=O)c2ccc(COc3ccc(F)cc3)o2)c2ccccc2c1=O. The molecular weight excluding hydrogens is 467 g/mol. The molecule has 2 heterocycles. The topological polar surface area (TPSA) is 115 Å². The van der Waals surface area contributed by atoms with Crippen LogP contribution in [0.3, 0.4) is 0 Å². The Morgan fingerprint density at radius 3 is 2.44 bits per heavy atom. The molecule has 4 rings (SSSR count). The van der Waals surface area contributed by atoms with Crippen molar-refractivity contribution in [1.82, 2.24) is 20.6 Å². The van der Waals surface area contributed by atoms with Crippen LogP contribution in [0.2, 0.25) is 0 Å². The van der Waals surface area contributed by atoms with Crippen molar-refractivity contribution in [3.8, 4) is 5.75 Å². The highest BCUT2D eigenvalue weighted by Crippen LogP contribution is 2.16. The van der Waals surface area contributed by atoms with E-state index in [1.807, 2.05) is 0 Å². The number of carbonyl (C=O) groups excluding carboxylic acids is 2. The Morgan fingerprint density at radius 1 is 0.972 bits per heavy atom. The van der Waals surface area contributed by atoms with Gasteiger partial charge in [-0.15, -0.1) is 0 Å². The van der Waals surface area contributed by atoms with Crippen LogP contribution in [-0.4, -0.2) is 21.6 Å². The first kappa shape index (κ1) is 24.6. The third-order valence-electron chi connectivity index (χ3n) is 5.43. The summed E-state index contributed by atoms with van der Waals surface area (Å²) < 4.78 is 25.2. The van der Waals surface area contributed by atoms with E-state index in [1.54, 1.807) is 30.3 Å². The van der Waals surface area contributed by atoms with Gasteiger partial charge >= 0.3 is 5.91 Å². The Morgan fingerprint density at radius 2 is 1.69 bits per heavy atom. The van der Waals surface area contributed by atoms with Crippen molar-refractivity contribution in [2.24, 2.45) is 0 Å². The molecule has 0 fully saturated rings. The maximum Gasteiger partial charge on any atom is 0.305 e. The molecule has 10 heteroatoms. The van der Waals surface area contributed by atoms with Gasteiger partial charge in [0.1, 0.15) is 23.9 Å². The smallest absolute Gasteiger partial charge is 0.305 e. The van der Waals surface area contributed by atoms with Crippen LogP contribution in [0.5, 0.6) is 5.75 Å². The van der Waals surface area contributed by atoms with Crippen LogP contribution in [0.4, 0.5) is 4.39 Å². The zero-order valence-electron chi connectivity index (χ0n) is 19.6. The highest BCUT2D eigenvalue weighted by Gasteiger charge is 2.18. The minimum Gasteiger partial charge on any atom is -0.486 e. The van der Waals surface area contributed by atoms with Gasteiger partial charge in [-0.1, -0.05) is 38.0 Å². The van der Waals surface area contributed by atoms with E-state index >= 15 is 0 Å². The highest BCUT2D eigenvalue weighted by atomic mass is 19.1. The molecule has 36 heavy (non-hydrogen) atoms. The average molecular weight is 493 g/mol. The standard InChI is InChI=1S/C26H25FN4O5/c1-2-3-6-15-31-26(34)21-8-5-4-7-20(21)23(30-31)25(33)29-28-24(32)22-14-13-19(36-22)16-35-18-11-9-17(27)10-12-18/h4-5,7-14H,2-3,6,15-16H2,1H3,(H,28,32)(H,29,33). The molecule has 9 nitrogen and oxygen atoms in total. The number of amides is 2. The largest absolute Gasteiger partial charge is 0.486 e. The lowest BCUT2D eigenvalue weighted by molar-refractivity contribution is 0.0826. The molecule has 0 saturated carbocycles. The van der Waals surface area contributed by atoms with E-state index in [0.717, 1.165) is 19.3 Å². The summed E-state index contributed by atoms with van der Waals surface area (Å²) in [7, 11) is 0. The average Bonchev–Trinajstić information content (AvgIpc) is 3.37. The quantitative estimate of drug-likeness (QED) is 0.270. The minimum atomic E-state index is -0.683. The van der Waals surface area contributed by atoms with Crippen LogP contribution in [0.15, 0.2) is 69.9 Å². The van der Waals surface area contributed by atoms with E-state index in [0.29, 0.717) is 28.8 Å². The normalized spacial score (nSPS) is 10.8. The molecule has 2 aromatic carbocycles. The van der Waals surface area contributed by atoms with Gasteiger partial charge in [0.25, 0.3) is 11.5 Å².